The van der Waals surface area contributed by atoms with Gasteiger partial charge in [-0.05, 0) is 42.3 Å². The summed E-state index contributed by atoms with van der Waals surface area (Å²) >= 11 is 19.1. The van der Waals surface area contributed by atoms with Gasteiger partial charge in [-0.15, -0.1) is 0 Å². The number of halogens is 3. The predicted octanol–water partition coefficient (Wildman–Crippen LogP) is 5.97. The van der Waals surface area contributed by atoms with Crippen molar-refractivity contribution in [2.24, 2.45) is 0 Å². The highest BCUT2D eigenvalue weighted by Gasteiger charge is 2.33. The van der Waals surface area contributed by atoms with Gasteiger partial charge in [-0.2, -0.15) is 0 Å². The number of rotatable bonds is 13. The van der Waals surface area contributed by atoms with E-state index in [4.69, 9.17) is 34.8 Å². The standard InChI is InChI=1S/C29H32Cl3N3O4S/c1-3-4-16-33-29(37)27(17-21-10-6-5-7-11-21)34(19-24-25(31)14-9-15-26(24)32)28(36)20-35(40(2,38)39)23-13-8-12-22(30)18-23/h5-15,18,27H,3-4,16-17,19-20H2,1-2H3,(H,33,37)/t27-/m0/s1. The van der Waals surface area contributed by atoms with Crippen LogP contribution in [0.2, 0.25) is 15.1 Å². The molecule has 3 rings (SSSR count). The molecule has 0 spiro atoms. The molecule has 11 heteroatoms. The molecule has 7 nitrogen and oxygen atoms in total. The number of carbonyl (C=O) groups is 2. The summed E-state index contributed by atoms with van der Waals surface area (Å²) in [6.07, 6.45) is 2.85. The molecule has 0 aliphatic rings. The lowest BCUT2D eigenvalue weighted by atomic mass is 10.0. The summed E-state index contributed by atoms with van der Waals surface area (Å²) in [6, 6.07) is 19.5. The number of nitrogens with one attached hydrogen (secondary N) is 1. The Bertz CT molecular complexity index is 1400. The molecule has 0 bridgehead atoms. The van der Waals surface area contributed by atoms with Gasteiger partial charge in [-0.25, -0.2) is 8.42 Å². The van der Waals surface area contributed by atoms with Gasteiger partial charge in [0, 0.05) is 40.1 Å². The molecule has 3 aromatic carbocycles. The van der Waals surface area contributed by atoms with E-state index in [1.54, 1.807) is 36.4 Å². The summed E-state index contributed by atoms with van der Waals surface area (Å²) in [4.78, 5) is 29.0. The summed E-state index contributed by atoms with van der Waals surface area (Å²) in [5.41, 5.74) is 1.51. The van der Waals surface area contributed by atoms with Gasteiger partial charge < -0.3 is 10.2 Å². The van der Waals surface area contributed by atoms with E-state index >= 15 is 0 Å². The van der Waals surface area contributed by atoms with Gasteiger partial charge >= 0.3 is 0 Å². The van der Waals surface area contributed by atoms with Crippen LogP contribution in [0.25, 0.3) is 0 Å². The quantitative estimate of drug-likeness (QED) is 0.238. The zero-order valence-electron chi connectivity index (χ0n) is 22.3. The average molecular weight is 625 g/mol. The molecule has 0 aliphatic carbocycles. The second kappa shape index (κ2) is 14.7. The molecule has 1 atom stereocenters. The maximum Gasteiger partial charge on any atom is 0.244 e. The number of hydrogen-bond donors (Lipinski definition) is 1. The van der Waals surface area contributed by atoms with Gasteiger partial charge in [-0.1, -0.05) is 90.6 Å². The van der Waals surface area contributed by atoms with Gasteiger partial charge in [0.1, 0.15) is 12.6 Å². The van der Waals surface area contributed by atoms with Crippen molar-refractivity contribution >= 4 is 62.3 Å². The van der Waals surface area contributed by atoms with E-state index in [0.29, 0.717) is 27.2 Å². The zero-order valence-corrected chi connectivity index (χ0v) is 25.4. The van der Waals surface area contributed by atoms with Gasteiger partial charge in [0.2, 0.25) is 21.8 Å². The Morgan fingerprint density at radius 1 is 0.925 bits per heavy atom. The molecule has 2 amide bonds. The summed E-state index contributed by atoms with van der Waals surface area (Å²) < 4.78 is 26.6. The molecular formula is C29H32Cl3N3O4S. The monoisotopic (exact) mass is 623 g/mol. The Kier molecular flexibility index (Phi) is 11.7. The molecule has 0 radical (unpaired) electrons. The Hall–Kier alpha value is -2.78. The van der Waals surface area contributed by atoms with E-state index in [-0.39, 0.29) is 24.6 Å². The smallest absolute Gasteiger partial charge is 0.244 e. The lowest BCUT2D eigenvalue weighted by molar-refractivity contribution is -0.140. The molecule has 0 aromatic heterocycles. The van der Waals surface area contributed by atoms with Crippen LogP contribution in [0.15, 0.2) is 72.8 Å². The van der Waals surface area contributed by atoms with Gasteiger partial charge in [-0.3, -0.25) is 13.9 Å². The third-order valence-electron chi connectivity index (χ3n) is 6.27. The van der Waals surface area contributed by atoms with Crippen molar-refractivity contribution in [3.63, 3.8) is 0 Å². The first kappa shape index (κ1) is 31.7. The number of amides is 2. The van der Waals surface area contributed by atoms with Crippen LogP contribution < -0.4 is 9.62 Å². The predicted molar refractivity (Wildman–Crippen MR) is 163 cm³/mol. The number of sulfonamides is 1. The zero-order chi connectivity index (χ0) is 29.3. The second-order valence-corrected chi connectivity index (χ2v) is 12.5. The summed E-state index contributed by atoms with van der Waals surface area (Å²) in [6.45, 7) is 1.78. The molecule has 0 unspecified atom stereocenters. The van der Waals surface area contributed by atoms with E-state index < -0.39 is 28.5 Å². The van der Waals surface area contributed by atoms with Gasteiger partial charge in [0.25, 0.3) is 0 Å². The number of benzene rings is 3. The molecule has 0 saturated heterocycles. The van der Waals surface area contributed by atoms with Crippen molar-refractivity contribution in [1.29, 1.82) is 0 Å². The fourth-order valence-electron chi connectivity index (χ4n) is 4.16. The SMILES string of the molecule is CCCCNC(=O)[C@H](Cc1ccccc1)N(Cc1c(Cl)cccc1Cl)C(=O)CN(c1cccc(Cl)c1)S(C)(=O)=O. The Labute approximate surface area is 251 Å². The fourth-order valence-corrected chi connectivity index (χ4v) is 5.70. The van der Waals surface area contributed by atoms with E-state index in [0.717, 1.165) is 29.0 Å². The van der Waals surface area contributed by atoms with Crippen molar-refractivity contribution in [1.82, 2.24) is 10.2 Å². The molecule has 0 saturated carbocycles. The molecule has 1 N–H and O–H groups in total. The van der Waals surface area contributed by atoms with Gasteiger partial charge in [0.05, 0.1) is 11.9 Å². The number of unbranched alkanes of at least 4 members (excludes halogenated alkanes) is 1. The van der Waals surface area contributed by atoms with Crippen LogP contribution in [-0.4, -0.2) is 50.5 Å². The lowest BCUT2D eigenvalue weighted by Crippen LogP contribution is -2.53. The third kappa shape index (κ3) is 8.86. The minimum Gasteiger partial charge on any atom is -0.354 e. The third-order valence-corrected chi connectivity index (χ3v) is 8.35. The summed E-state index contributed by atoms with van der Waals surface area (Å²) in [5, 5.41) is 3.89. The van der Waals surface area contributed by atoms with Crippen LogP contribution in [0.3, 0.4) is 0 Å². The molecule has 214 valence electrons. The van der Waals surface area contributed by atoms with Crippen LogP contribution in [0, 0.1) is 0 Å². The number of hydrogen-bond acceptors (Lipinski definition) is 4. The van der Waals surface area contributed by atoms with Crippen molar-refractivity contribution in [2.45, 2.75) is 38.8 Å². The second-order valence-electron chi connectivity index (χ2n) is 9.32. The van der Waals surface area contributed by atoms with Crippen molar-refractivity contribution in [3.05, 3.63) is 99.0 Å². The highest BCUT2D eigenvalue weighted by Crippen LogP contribution is 2.28. The molecule has 40 heavy (non-hydrogen) atoms. The average Bonchev–Trinajstić information content (AvgIpc) is 2.90. The van der Waals surface area contributed by atoms with E-state index in [9.17, 15) is 18.0 Å². The van der Waals surface area contributed by atoms with Crippen molar-refractivity contribution in [2.75, 3.05) is 23.7 Å². The topological polar surface area (TPSA) is 86.8 Å². The Morgan fingerprint density at radius 3 is 2.17 bits per heavy atom. The van der Waals surface area contributed by atoms with Crippen LogP contribution in [0.4, 0.5) is 5.69 Å². The Morgan fingerprint density at radius 2 is 1.57 bits per heavy atom. The van der Waals surface area contributed by atoms with Crippen LogP contribution in [-0.2, 0) is 32.6 Å². The minimum atomic E-state index is -3.90. The molecule has 3 aromatic rings. The maximum absolute atomic E-state index is 14.1. The summed E-state index contributed by atoms with van der Waals surface area (Å²) in [5.74, 6) is -0.963. The minimum absolute atomic E-state index is 0.108. The lowest BCUT2D eigenvalue weighted by Gasteiger charge is -2.34. The Balaban J connectivity index is 2.08. The first-order valence-corrected chi connectivity index (χ1v) is 15.8. The van der Waals surface area contributed by atoms with Crippen molar-refractivity contribution in [3.8, 4) is 0 Å². The molecule has 0 aliphatic heterocycles. The molecular weight excluding hydrogens is 593 g/mol. The maximum atomic E-state index is 14.1. The number of carbonyl (C=O) groups excluding carboxylic acids is 2. The van der Waals surface area contributed by atoms with Crippen LogP contribution in [0.5, 0.6) is 0 Å². The first-order chi connectivity index (χ1) is 19.0. The number of anilines is 1. The van der Waals surface area contributed by atoms with E-state index in [1.807, 2.05) is 37.3 Å². The number of nitrogens with zero attached hydrogens (tertiary/aromatic N) is 2. The normalized spacial score (nSPS) is 12.0. The van der Waals surface area contributed by atoms with Crippen molar-refractivity contribution < 1.29 is 18.0 Å². The fraction of sp³-hybridized carbons (Fsp3) is 0.310. The largest absolute Gasteiger partial charge is 0.354 e. The molecule has 0 heterocycles. The van der Waals surface area contributed by atoms with Gasteiger partial charge in [0.15, 0.2) is 0 Å². The summed E-state index contributed by atoms with van der Waals surface area (Å²) in [7, 11) is -3.90. The van der Waals surface area contributed by atoms with Crippen LogP contribution >= 0.6 is 34.8 Å². The highest BCUT2D eigenvalue weighted by atomic mass is 35.5. The first-order valence-electron chi connectivity index (χ1n) is 12.8. The van der Waals surface area contributed by atoms with Crippen LogP contribution in [0.1, 0.15) is 30.9 Å². The van der Waals surface area contributed by atoms with E-state index in [2.05, 4.69) is 5.32 Å². The van der Waals surface area contributed by atoms with E-state index in [1.165, 1.54) is 11.0 Å². The highest BCUT2D eigenvalue weighted by molar-refractivity contribution is 7.92. The molecule has 0 fully saturated rings.